The number of aryl methyl sites for hydroxylation is 1. The van der Waals surface area contributed by atoms with E-state index in [4.69, 9.17) is 0 Å². The van der Waals surface area contributed by atoms with Crippen molar-refractivity contribution in [3.8, 4) is 0 Å². The van der Waals surface area contributed by atoms with Crippen LogP contribution in [0.25, 0.3) is 10.9 Å². The lowest BCUT2D eigenvalue weighted by molar-refractivity contribution is 0.605. The summed E-state index contributed by atoms with van der Waals surface area (Å²) < 4.78 is 0. The molecular weight excluding hydrogens is 218 g/mol. The molecule has 1 aromatic carbocycles. The van der Waals surface area contributed by atoms with Crippen LogP contribution in [0, 0.1) is 6.07 Å². The third kappa shape index (κ3) is 3.83. The first-order valence-electron chi connectivity index (χ1n) is 7.16. The summed E-state index contributed by atoms with van der Waals surface area (Å²) in [5, 5.41) is 1.18. The zero-order valence-corrected chi connectivity index (χ0v) is 11.3. The third-order valence-corrected chi connectivity index (χ3v) is 3.35. The van der Waals surface area contributed by atoms with E-state index in [1.54, 1.807) is 0 Å². The van der Waals surface area contributed by atoms with Crippen LogP contribution in [0.4, 0.5) is 0 Å². The second-order valence-electron chi connectivity index (χ2n) is 4.92. The maximum atomic E-state index is 4.65. The van der Waals surface area contributed by atoms with Gasteiger partial charge in [-0.15, -0.1) is 0 Å². The maximum absolute atomic E-state index is 4.65. The quantitative estimate of drug-likeness (QED) is 0.625. The largest absolute Gasteiger partial charge is 0.252 e. The van der Waals surface area contributed by atoms with Gasteiger partial charge in [-0.05, 0) is 25.0 Å². The molecule has 1 radical (unpaired) electrons. The molecule has 0 N–H and O–H groups in total. The predicted octanol–water partition coefficient (Wildman–Crippen LogP) is 4.94. The molecule has 0 fully saturated rings. The summed E-state index contributed by atoms with van der Waals surface area (Å²) in [4.78, 5) is 4.65. The minimum absolute atomic E-state index is 1.07. The van der Waals surface area contributed by atoms with Crippen molar-refractivity contribution in [2.75, 3.05) is 0 Å². The molecule has 2 rings (SSSR count). The lowest BCUT2D eigenvalue weighted by atomic mass is 10.1. The van der Waals surface area contributed by atoms with E-state index in [-0.39, 0.29) is 0 Å². The first-order valence-corrected chi connectivity index (χ1v) is 7.16. The second kappa shape index (κ2) is 7.15. The van der Waals surface area contributed by atoms with Crippen LogP contribution in [0.2, 0.25) is 0 Å². The Morgan fingerprint density at radius 3 is 2.67 bits per heavy atom. The summed E-state index contributed by atoms with van der Waals surface area (Å²) in [5.41, 5.74) is 2.21. The van der Waals surface area contributed by atoms with Crippen LogP contribution < -0.4 is 0 Å². The number of hydrogen-bond acceptors (Lipinski definition) is 1. The van der Waals surface area contributed by atoms with Gasteiger partial charge in [0.05, 0.1) is 5.52 Å². The summed E-state index contributed by atoms with van der Waals surface area (Å²) >= 11 is 0. The molecule has 0 amide bonds. The third-order valence-electron chi connectivity index (χ3n) is 3.35. The molecule has 0 bridgehead atoms. The van der Waals surface area contributed by atoms with E-state index in [0.717, 1.165) is 17.6 Å². The smallest absolute Gasteiger partial charge is 0.0705 e. The number of para-hydroxylation sites is 1. The van der Waals surface area contributed by atoms with Gasteiger partial charge in [0.2, 0.25) is 0 Å². The van der Waals surface area contributed by atoms with Gasteiger partial charge in [-0.25, -0.2) is 0 Å². The number of pyridine rings is 1. The molecule has 18 heavy (non-hydrogen) atoms. The normalized spacial score (nSPS) is 10.9. The Balaban J connectivity index is 1.81. The molecule has 1 heteroatoms. The summed E-state index contributed by atoms with van der Waals surface area (Å²) in [7, 11) is 0. The minimum atomic E-state index is 1.07. The molecule has 1 aromatic heterocycles. The van der Waals surface area contributed by atoms with Crippen molar-refractivity contribution in [3.05, 3.63) is 42.1 Å². The lowest BCUT2D eigenvalue weighted by Gasteiger charge is -2.03. The first-order chi connectivity index (χ1) is 8.90. The zero-order chi connectivity index (χ0) is 12.6. The minimum Gasteiger partial charge on any atom is -0.252 e. The van der Waals surface area contributed by atoms with Crippen LogP contribution in [0.3, 0.4) is 0 Å². The molecule has 95 valence electrons. The second-order valence-corrected chi connectivity index (χ2v) is 4.92. The number of nitrogens with zero attached hydrogens (tertiary/aromatic N) is 1. The fourth-order valence-electron chi connectivity index (χ4n) is 2.25. The van der Waals surface area contributed by atoms with Gasteiger partial charge in [0.15, 0.2) is 0 Å². The topological polar surface area (TPSA) is 12.9 Å². The number of fused-ring (bicyclic) bond motifs is 1. The van der Waals surface area contributed by atoms with Gasteiger partial charge in [0, 0.05) is 17.1 Å². The molecule has 1 nitrogen and oxygen atoms in total. The Hall–Kier alpha value is -1.37. The molecule has 0 saturated heterocycles. The van der Waals surface area contributed by atoms with Crippen LogP contribution in [0.1, 0.15) is 51.1 Å². The molecule has 0 saturated carbocycles. The first kappa shape index (κ1) is 13.1. The Kier molecular flexibility index (Phi) is 5.19. The van der Waals surface area contributed by atoms with E-state index < -0.39 is 0 Å². The average Bonchev–Trinajstić information content (AvgIpc) is 2.42. The van der Waals surface area contributed by atoms with Crippen LogP contribution in [-0.2, 0) is 6.42 Å². The molecule has 0 spiro atoms. The van der Waals surface area contributed by atoms with Crippen LogP contribution in [0.5, 0.6) is 0 Å². The van der Waals surface area contributed by atoms with E-state index in [0.29, 0.717) is 0 Å². The molecule has 1 heterocycles. The lowest BCUT2D eigenvalue weighted by Crippen LogP contribution is -1.91. The van der Waals surface area contributed by atoms with Crippen molar-refractivity contribution in [3.63, 3.8) is 0 Å². The Bertz CT molecular complexity index is 476. The van der Waals surface area contributed by atoms with E-state index >= 15 is 0 Å². The standard InChI is InChI=1S/C17H22N/c1-2-3-4-5-6-7-11-16-14-13-15-10-8-9-12-17(15)18-16/h8-10,12-13H,2-7,11H2,1H3. The van der Waals surface area contributed by atoms with Gasteiger partial charge in [-0.2, -0.15) is 0 Å². The van der Waals surface area contributed by atoms with Crippen molar-refractivity contribution in [1.29, 1.82) is 0 Å². The van der Waals surface area contributed by atoms with E-state index in [1.165, 1.54) is 43.9 Å². The summed E-state index contributed by atoms with van der Waals surface area (Å²) in [6.45, 7) is 2.26. The van der Waals surface area contributed by atoms with Crippen LogP contribution in [-0.4, -0.2) is 4.98 Å². The molecule has 0 aliphatic carbocycles. The highest BCUT2D eigenvalue weighted by Gasteiger charge is 1.98. The average molecular weight is 240 g/mol. The molecule has 0 aliphatic rings. The van der Waals surface area contributed by atoms with Crippen LogP contribution in [0.15, 0.2) is 30.3 Å². The highest BCUT2D eigenvalue weighted by atomic mass is 14.7. The fraction of sp³-hybridized carbons (Fsp3) is 0.471. The highest BCUT2D eigenvalue weighted by Crippen LogP contribution is 2.13. The van der Waals surface area contributed by atoms with Crippen molar-refractivity contribution in [2.45, 2.75) is 51.9 Å². The summed E-state index contributed by atoms with van der Waals surface area (Å²) in [5.74, 6) is 0. The summed E-state index contributed by atoms with van der Waals surface area (Å²) in [6.07, 6.45) is 9.07. The number of unbranched alkanes of at least 4 members (excludes halogenated alkanes) is 5. The zero-order valence-electron chi connectivity index (χ0n) is 11.3. The SMILES string of the molecule is CCCCCCCCc1[c]cc2ccccc2n1. The summed E-state index contributed by atoms with van der Waals surface area (Å²) in [6, 6.07) is 13.6. The van der Waals surface area contributed by atoms with Gasteiger partial charge >= 0.3 is 0 Å². The Labute approximate surface area is 110 Å². The molecule has 0 unspecified atom stereocenters. The van der Waals surface area contributed by atoms with E-state index in [9.17, 15) is 0 Å². The van der Waals surface area contributed by atoms with Gasteiger partial charge in [0.25, 0.3) is 0 Å². The monoisotopic (exact) mass is 240 g/mol. The van der Waals surface area contributed by atoms with Crippen molar-refractivity contribution < 1.29 is 0 Å². The van der Waals surface area contributed by atoms with Crippen LogP contribution >= 0.6 is 0 Å². The van der Waals surface area contributed by atoms with Crippen molar-refractivity contribution in [2.24, 2.45) is 0 Å². The van der Waals surface area contributed by atoms with Gasteiger partial charge in [-0.3, -0.25) is 4.98 Å². The van der Waals surface area contributed by atoms with Crippen molar-refractivity contribution >= 4 is 10.9 Å². The Morgan fingerprint density at radius 1 is 1.00 bits per heavy atom. The number of benzene rings is 1. The molecule has 2 aromatic rings. The highest BCUT2D eigenvalue weighted by molar-refractivity contribution is 5.78. The molecular formula is C17H22N. The van der Waals surface area contributed by atoms with Gasteiger partial charge in [-0.1, -0.05) is 57.2 Å². The number of hydrogen-bond donors (Lipinski definition) is 0. The fourth-order valence-corrected chi connectivity index (χ4v) is 2.25. The predicted molar refractivity (Wildman–Crippen MR) is 77.7 cm³/mol. The van der Waals surface area contributed by atoms with Gasteiger partial charge < -0.3 is 0 Å². The number of rotatable bonds is 7. The van der Waals surface area contributed by atoms with E-state index in [1.807, 2.05) is 12.1 Å². The van der Waals surface area contributed by atoms with Crippen molar-refractivity contribution in [1.82, 2.24) is 4.98 Å². The molecule has 0 atom stereocenters. The maximum Gasteiger partial charge on any atom is 0.0705 e. The number of aromatic nitrogens is 1. The van der Waals surface area contributed by atoms with E-state index in [2.05, 4.69) is 36.2 Å². The molecule has 0 aliphatic heterocycles. The van der Waals surface area contributed by atoms with Gasteiger partial charge in [0.1, 0.15) is 0 Å². The Morgan fingerprint density at radius 2 is 1.78 bits per heavy atom.